The van der Waals surface area contributed by atoms with Gasteiger partial charge in [0, 0.05) is 25.4 Å². The van der Waals surface area contributed by atoms with Crippen LogP contribution in [0.3, 0.4) is 0 Å². The molecule has 0 amide bonds. The number of H-pyrrole nitrogens is 1. The van der Waals surface area contributed by atoms with E-state index < -0.39 is 11.6 Å². The van der Waals surface area contributed by atoms with E-state index in [0.717, 1.165) is 12.5 Å². The first-order valence-corrected chi connectivity index (χ1v) is 12.1. The van der Waals surface area contributed by atoms with E-state index in [4.69, 9.17) is 26.0 Å². The lowest BCUT2D eigenvalue weighted by Crippen LogP contribution is -2.24. The molecule has 11 heteroatoms. The minimum atomic E-state index is -0.465. The Morgan fingerprint density at radius 1 is 1.16 bits per heavy atom. The zero-order valence-corrected chi connectivity index (χ0v) is 20.5. The maximum atomic E-state index is 14.6. The van der Waals surface area contributed by atoms with Crippen molar-refractivity contribution in [3.05, 3.63) is 77.4 Å². The lowest BCUT2D eigenvalue weighted by atomic mass is 10.0. The molecule has 5 aromatic rings. The fraction of sp³-hybridized carbons (Fsp3) is 0.259. The summed E-state index contributed by atoms with van der Waals surface area (Å²) in [6.07, 6.45) is 4.99. The Hall–Kier alpha value is -4.56. The summed E-state index contributed by atoms with van der Waals surface area (Å²) in [5.74, 6) is 0.728. The zero-order valence-electron chi connectivity index (χ0n) is 20.5. The lowest BCUT2D eigenvalue weighted by Gasteiger charge is -2.26. The summed E-state index contributed by atoms with van der Waals surface area (Å²) in [4.78, 5) is 18.4. The summed E-state index contributed by atoms with van der Waals surface area (Å²) in [7, 11) is 1.58. The van der Waals surface area contributed by atoms with Crippen LogP contribution in [-0.4, -0.2) is 51.4 Å². The van der Waals surface area contributed by atoms with E-state index in [9.17, 15) is 8.78 Å². The Balaban J connectivity index is 1.37. The average Bonchev–Trinajstić information content (AvgIpc) is 3.67. The van der Waals surface area contributed by atoms with Crippen molar-refractivity contribution in [2.24, 2.45) is 0 Å². The van der Waals surface area contributed by atoms with E-state index in [1.165, 1.54) is 12.1 Å². The van der Waals surface area contributed by atoms with Crippen molar-refractivity contribution in [3.8, 4) is 17.1 Å². The van der Waals surface area contributed by atoms with Crippen LogP contribution in [0.1, 0.15) is 24.4 Å². The van der Waals surface area contributed by atoms with Crippen LogP contribution < -0.4 is 9.64 Å². The highest BCUT2D eigenvalue weighted by atomic mass is 19.1. The molecule has 0 unspecified atom stereocenters. The van der Waals surface area contributed by atoms with Crippen molar-refractivity contribution in [1.82, 2.24) is 24.6 Å². The molecule has 0 radical (unpaired) electrons. The maximum absolute atomic E-state index is 14.6. The molecule has 3 aromatic heterocycles. The normalized spacial score (nSPS) is 15.4. The summed E-state index contributed by atoms with van der Waals surface area (Å²) in [5.41, 5.74) is 3.25. The number of aromatic amines is 1. The van der Waals surface area contributed by atoms with E-state index in [1.54, 1.807) is 36.2 Å². The molecular formula is C27H23F2N7O2. The van der Waals surface area contributed by atoms with Crippen LogP contribution in [0.4, 0.5) is 20.3 Å². The van der Waals surface area contributed by atoms with Crippen molar-refractivity contribution in [1.29, 1.82) is 0 Å². The number of halogens is 2. The van der Waals surface area contributed by atoms with E-state index in [2.05, 4.69) is 14.9 Å². The summed E-state index contributed by atoms with van der Waals surface area (Å²) in [6.45, 7) is 8.90. The first-order valence-electron chi connectivity index (χ1n) is 12.1. The van der Waals surface area contributed by atoms with Gasteiger partial charge in [-0.2, -0.15) is 5.10 Å². The molecular weight excluding hydrogens is 492 g/mol. The smallest absolute Gasteiger partial charge is 0.230 e. The molecule has 38 heavy (non-hydrogen) atoms. The number of anilines is 1. The Morgan fingerprint density at radius 2 is 2.05 bits per heavy atom. The fourth-order valence-corrected chi connectivity index (χ4v) is 4.91. The summed E-state index contributed by atoms with van der Waals surface area (Å²) < 4.78 is 40.9. The van der Waals surface area contributed by atoms with Crippen LogP contribution in [0.15, 0.2) is 48.8 Å². The van der Waals surface area contributed by atoms with Crippen molar-refractivity contribution >= 4 is 28.2 Å². The van der Waals surface area contributed by atoms with Gasteiger partial charge in [-0.1, -0.05) is 0 Å². The molecule has 1 saturated heterocycles. The van der Waals surface area contributed by atoms with Crippen molar-refractivity contribution in [3.63, 3.8) is 0 Å². The third kappa shape index (κ3) is 4.18. The summed E-state index contributed by atoms with van der Waals surface area (Å²) >= 11 is 0. The molecule has 192 valence electrons. The Kier molecular flexibility index (Phi) is 6.09. The largest absolute Gasteiger partial charge is 0.502 e. The Labute approximate surface area is 216 Å². The predicted octanol–water partition coefficient (Wildman–Crippen LogP) is 5.47. The molecule has 1 aliphatic heterocycles. The minimum Gasteiger partial charge on any atom is -0.502 e. The lowest BCUT2D eigenvalue weighted by molar-refractivity contribution is 0.147. The zero-order chi connectivity index (χ0) is 26.2. The molecule has 6 rings (SSSR count). The second-order valence-electron chi connectivity index (χ2n) is 9.00. The molecule has 0 bridgehead atoms. The fourth-order valence-electron chi connectivity index (χ4n) is 4.91. The number of hydrogen-bond acceptors (Lipinski definition) is 6. The number of benzene rings is 2. The third-order valence-electron chi connectivity index (χ3n) is 6.70. The number of rotatable bonds is 7. The molecule has 0 saturated carbocycles. The molecule has 0 aliphatic carbocycles. The Morgan fingerprint density at radius 3 is 2.89 bits per heavy atom. The van der Waals surface area contributed by atoms with Crippen molar-refractivity contribution < 1.29 is 18.3 Å². The maximum Gasteiger partial charge on any atom is 0.230 e. The van der Waals surface area contributed by atoms with Crippen LogP contribution in [-0.2, 0) is 4.74 Å². The van der Waals surface area contributed by atoms with Crippen LogP contribution in [0.5, 0.6) is 5.75 Å². The van der Waals surface area contributed by atoms with Gasteiger partial charge in [0.25, 0.3) is 0 Å². The highest BCUT2D eigenvalue weighted by Crippen LogP contribution is 2.38. The second kappa shape index (κ2) is 9.72. The number of ether oxygens (including phenoxy) is 2. The van der Waals surface area contributed by atoms with Crippen LogP contribution in [0, 0.1) is 18.2 Å². The highest BCUT2D eigenvalue weighted by molar-refractivity contribution is 5.87. The quantitative estimate of drug-likeness (QED) is 0.229. The molecule has 1 N–H and O–H groups in total. The molecule has 4 heterocycles. The highest BCUT2D eigenvalue weighted by Gasteiger charge is 2.30. The van der Waals surface area contributed by atoms with Gasteiger partial charge in [0.1, 0.15) is 35.6 Å². The van der Waals surface area contributed by atoms with E-state index in [-0.39, 0.29) is 6.04 Å². The van der Waals surface area contributed by atoms with Gasteiger partial charge in [-0.05, 0) is 49.2 Å². The second-order valence-corrected chi connectivity index (χ2v) is 9.00. The van der Waals surface area contributed by atoms with Crippen LogP contribution in [0.25, 0.3) is 32.9 Å². The first-order chi connectivity index (χ1) is 18.6. The average molecular weight is 516 g/mol. The van der Waals surface area contributed by atoms with Gasteiger partial charge >= 0.3 is 0 Å². The van der Waals surface area contributed by atoms with E-state index in [1.807, 2.05) is 11.0 Å². The SMILES string of the molecule is [C-]#[N+]c1cc2[nH]c(-c3cnn4ccc(N5CCC[C@@H]5c5cc(F)ccc5F)nc34)nc2cc1OCCOC. The Bertz CT molecular complexity index is 1690. The van der Waals surface area contributed by atoms with Crippen LogP contribution in [0.2, 0.25) is 0 Å². The standard InChI is InChI=1S/C27H23F2N7O2/c1-30-22-13-20-21(14-24(22)38-11-10-37-2)33-26(32-20)18-15-31-36-9-7-25(34-27(18)36)35-8-3-4-23(35)17-12-16(28)5-6-19(17)29/h5-7,9,12-15,23H,3-4,8,10-11H2,2H3,(H,32,33)/t23-/m1/s1. The summed E-state index contributed by atoms with van der Waals surface area (Å²) in [5, 5.41) is 4.42. The summed E-state index contributed by atoms with van der Waals surface area (Å²) in [6, 6.07) is 8.50. The van der Waals surface area contributed by atoms with Crippen molar-refractivity contribution in [2.45, 2.75) is 18.9 Å². The number of nitrogens with zero attached hydrogens (tertiary/aromatic N) is 6. The van der Waals surface area contributed by atoms with Crippen LogP contribution >= 0.6 is 0 Å². The van der Waals surface area contributed by atoms with Gasteiger partial charge in [-0.25, -0.2) is 28.1 Å². The number of fused-ring (bicyclic) bond motifs is 2. The van der Waals surface area contributed by atoms with E-state index >= 15 is 0 Å². The van der Waals surface area contributed by atoms with Gasteiger partial charge < -0.3 is 19.4 Å². The third-order valence-corrected chi connectivity index (χ3v) is 6.70. The van der Waals surface area contributed by atoms with Gasteiger partial charge in [0.2, 0.25) is 5.69 Å². The number of methoxy groups -OCH3 is 1. The van der Waals surface area contributed by atoms with Gasteiger partial charge in [-0.3, -0.25) is 0 Å². The monoisotopic (exact) mass is 515 g/mol. The first kappa shape index (κ1) is 23.8. The number of imidazole rings is 1. The molecule has 9 nitrogen and oxygen atoms in total. The number of hydrogen-bond donors (Lipinski definition) is 1. The molecule has 2 aromatic carbocycles. The molecule has 1 fully saturated rings. The topological polar surface area (TPSA) is 84.9 Å². The minimum absolute atomic E-state index is 0.318. The van der Waals surface area contributed by atoms with Crippen molar-refractivity contribution in [2.75, 3.05) is 31.8 Å². The molecule has 1 atom stereocenters. The number of aromatic nitrogens is 5. The van der Waals surface area contributed by atoms with Gasteiger partial charge in [0.05, 0.1) is 42.0 Å². The molecule has 0 spiro atoms. The van der Waals surface area contributed by atoms with Gasteiger partial charge in [0.15, 0.2) is 5.65 Å². The van der Waals surface area contributed by atoms with Gasteiger partial charge in [-0.15, -0.1) is 0 Å². The number of nitrogens with one attached hydrogen (secondary N) is 1. The molecule has 1 aliphatic rings. The predicted molar refractivity (Wildman–Crippen MR) is 137 cm³/mol. The van der Waals surface area contributed by atoms with E-state index in [0.29, 0.717) is 77.1 Å².